The highest BCUT2D eigenvalue weighted by atomic mass is 32.2. The van der Waals surface area contributed by atoms with Crippen LogP contribution in [0.5, 0.6) is 0 Å². The van der Waals surface area contributed by atoms with Gasteiger partial charge in [0.2, 0.25) is 5.91 Å². The molecule has 0 aliphatic rings. The number of hydrogen-bond acceptors (Lipinski definition) is 2. The van der Waals surface area contributed by atoms with Gasteiger partial charge in [0, 0.05) is 11.4 Å². The molecule has 2 aromatic rings. The maximum absolute atomic E-state index is 12.0. The second-order valence-electron chi connectivity index (χ2n) is 5.34. The van der Waals surface area contributed by atoms with E-state index in [0.29, 0.717) is 5.75 Å². The molecule has 0 bridgehead atoms. The summed E-state index contributed by atoms with van der Waals surface area (Å²) in [5, 5.41) is 2.99. The van der Waals surface area contributed by atoms with Crippen LogP contribution in [-0.2, 0) is 10.5 Å². The van der Waals surface area contributed by atoms with E-state index >= 15 is 0 Å². The zero-order valence-corrected chi connectivity index (χ0v) is 13.6. The third-order valence-corrected chi connectivity index (χ3v) is 4.29. The molecule has 0 radical (unpaired) electrons. The Morgan fingerprint density at radius 1 is 1.00 bits per heavy atom. The van der Waals surface area contributed by atoms with E-state index in [1.807, 2.05) is 26.0 Å². The van der Waals surface area contributed by atoms with Crippen molar-refractivity contribution in [2.24, 2.45) is 0 Å². The molecular weight excluding hydrogens is 278 g/mol. The summed E-state index contributed by atoms with van der Waals surface area (Å²) in [5.74, 6) is 1.39. The lowest BCUT2D eigenvalue weighted by atomic mass is 10.1. The number of anilines is 1. The predicted octanol–water partition coefficient (Wildman–Crippen LogP) is 4.48. The molecule has 0 aromatic heterocycles. The van der Waals surface area contributed by atoms with Gasteiger partial charge in [0.05, 0.1) is 5.75 Å². The molecule has 1 amide bonds. The minimum absolute atomic E-state index is 0.0563. The monoisotopic (exact) mass is 299 g/mol. The zero-order valence-electron chi connectivity index (χ0n) is 12.8. The van der Waals surface area contributed by atoms with Gasteiger partial charge >= 0.3 is 0 Å². The van der Waals surface area contributed by atoms with Crippen molar-refractivity contribution >= 4 is 23.4 Å². The number of benzene rings is 2. The van der Waals surface area contributed by atoms with E-state index in [0.717, 1.165) is 22.6 Å². The number of carbonyl (C=O) groups is 1. The quantitative estimate of drug-likeness (QED) is 0.881. The minimum Gasteiger partial charge on any atom is -0.325 e. The van der Waals surface area contributed by atoms with Crippen molar-refractivity contribution in [3.05, 3.63) is 64.7 Å². The second-order valence-corrected chi connectivity index (χ2v) is 6.33. The van der Waals surface area contributed by atoms with Crippen molar-refractivity contribution in [3.63, 3.8) is 0 Å². The molecule has 110 valence electrons. The predicted molar refractivity (Wildman–Crippen MR) is 91.9 cm³/mol. The lowest BCUT2D eigenvalue weighted by molar-refractivity contribution is -0.113. The molecule has 0 unspecified atom stereocenters. The normalized spacial score (nSPS) is 10.4. The molecule has 0 saturated heterocycles. The molecule has 0 spiro atoms. The Balaban J connectivity index is 1.82. The van der Waals surface area contributed by atoms with Crippen LogP contribution >= 0.6 is 11.8 Å². The highest BCUT2D eigenvalue weighted by Crippen LogP contribution is 2.18. The van der Waals surface area contributed by atoms with Crippen molar-refractivity contribution in [3.8, 4) is 0 Å². The van der Waals surface area contributed by atoms with Gasteiger partial charge in [-0.05, 0) is 43.5 Å². The summed E-state index contributed by atoms with van der Waals surface area (Å²) in [6.45, 7) is 6.12. The lowest BCUT2D eigenvalue weighted by Crippen LogP contribution is -2.15. The summed E-state index contributed by atoms with van der Waals surface area (Å²) in [6, 6.07) is 14.5. The Morgan fingerprint density at radius 3 is 2.38 bits per heavy atom. The van der Waals surface area contributed by atoms with Gasteiger partial charge in [-0.25, -0.2) is 0 Å². The van der Waals surface area contributed by atoms with Crippen LogP contribution in [0.25, 0.3) is 0 Å². The van der Waals surface area contributed by atoms with Gasteiger partial charge < -0.3 is 5.32 Å². The second kappa shape index (κ2) is 7.32. The number of amides is 1. The summed E-state index contributed by atoms with van der Waals surface area (Å²) in [6.07, 6.45) is 0. The Hall–Kier alpha value is -1.74. The maximum Gasteiger partial charge on any atom is 0.234 e. The first-order valence-corrected chi connectivity index (χ1v) is 8.20. The average Bonchev–Trinajstić information content (AvgIpc) is 2.45. The van der Waals surface area contributed by atoms with Gasteiger partial charge in [0.1, 0.15) is 0 Å². The molecule has 1 N–H and O–H groups in total. The molecule has 0 aliphatic carbocycles. The van der Waals surface area contributed by atoms with Crippen molar-refractivity contribution in [1.29, 1.82) is 0 Å². The van der Waals surface area contributed by atoms with Gasteiger partial charge in [0.25, 0.3) is 0 Å². The number of carbonyl (C=O) groups excluding carboxylic acids is 1. The van der Waals surface area contributed by atoms with E-state index in [2.05, 4.69) is 42.6 Å². The molecule has 0 fully saturated rings. The number of hydrogen-bond donors (Lipinski definition) is 1. The minimum atomic E-state index is 0.0563. The van der Waals surface area contributed by atoms with E-state index in [-0.39, 0.29) is 5.91 Å². The number of aryl methyl sites for hydroxylation is 3. The Morgan fingerprint density at radius 2 is 1.67 bits per heavy atom. The van der Waals surface area contributed by atoms with E-state index in [1.165, 1.54) is 11.1 Å². The van der Waals surface area contributed by atoms with Crippen LogP contribution < -0.4 is 5.32 Å². The molecule has 2 rings (SSSR count). The fourth-order valence-electron chi connectivity index (χ4n) is 2.00. The van der Waals surface area contributed by atoms with Crippen LogP contribution in [0.1, 0.15) is 22.3 Å². The van der Waals surface area contributed by atoms with Gasteiger partial charge in [0.15, 0.2) is 0 Å². The fourth-order valence-corrected chi connectivity index (χ4v) is 2.79. The fraction of sp³-hybridized carbons (Fsp3) is 0.278. The maximum atomic E-state index is 12.0. The first-order valence-electron chi connectivity index (χ1n) is 7.05. The van der Waals surface area contributed by atoms with E-state index < -0.39 is 0 Å². The van der Waals surface area contributed by atoms with Crippen LogP contribution in [-0.4, -0.2) is 11.7 Å². The van der Waals surface area contributed by atoms with Crippen LogP contribution in [0.4, 0.5) is 5.69 Å². The summed E-state index contributed by atoms with van der Waals surface area (Å²) < 4.78 is 0. The molecule has 2 nitrogen and oxygen atoms in total. The van der Waals surface area contributed by atoms with Crippen molar-refractivity contribution in [1.82, 2.24) is 0 Å². The number of thioether (sulfide) groups is 1. The SMILES string of the molecule is Cc1ccc(CSCC(=O)Nc2cc(C)ccc2C)cc1. The number of nitrogens with one attached hydrogen (secondary N) is 1. The third kappa shape index (κ3) is 4.94. The number of rotatable bonds is 5. The van der Waals surface area contributed by atoms with Gasteiger partial charge in [-0.15, -0.1) is 11.8 Å². The van der Waals surface area contributed by atoms with Crippen LogP contribution in [0.3, 0.4) is 0 Å². The van der Waals surface area contributed by atoms with Crippen molar-refractivity contribution in [2.45, 2.75) is 26.5 Å². The standard InChI is InChI=1S/C18H21NOS/c1-13-5-8-16(9-6-13)11-21-12-18(20)19-17-10-14(2)4-7-15(17)3/h4-10H,11-12H2,1-3H3,(H,19,20). The molecule has 0 saturated carbocycles. The Bertz CT molecular complexity index is 620. The molecular formula is C18H21NOS. The summed E-state index contributed by atoms with van der Waals surface area (Å²) in [7, 11) is 0. The van der Waals surface area contributed by atoms with E-state index in [1.54, 1.807) is 11.8 Å². The first kappa shape index (κ1) is 15.6. The molecule has 0 heterocycles. The van der Waals surface area contributed by atoms with Crippen molar-refractivity contribution in [2.75, 3.05) is 11.1 Å². The Labute approximate surface area is 131 Å². The molecule has 0 atom stereocenters. The van der Waals surface area contributed by atoms with Crippen LogP contribution in [0, 0.1) is 20.8 Å². The zero-order chi connectivity index (χ0) is 15.2. The summed E-state index contributed by atoms with van der Waals surface area (Å²) in [5.41, 5.74) is 5.68. The van der Waals surface area contributed by atoms with Gasteiger partial charge in [-0.3, -0.25) is 4.79 Å². The smallest absolute Gasteiger partial charge is 0.234 e. The molecule has 3 heteroatoms. The highest BCUT2D eigenvalue weighted by molar-refractivity contribution is 7.99. The van der Waals surface area contributed by atoms with E-state index in [4.69, 9.17) is 0 Å². The average molecular weight is 299 g/mol. The van der Waals surface area contributed by atoms with Gasteiger partial charge in [-0.1, -0.05) is 42.0 Å². The largest absolute Gasteiger partial charge is 0.325 e. The highest BCUT2D eigenvalue weighted by Gasteiger charge is 2.05. The Kier molecular flexibility index (Phi) is 5.45. The first-order chi connectivity index (χ1) is 10.0. The topological polar surface area (TPSA) is 29.1 Å². The summed E-state index contributed by atoms with van der Waals surface area (Å²) >= 11 is 1.64. The van der Waals surface area contributed by atoms with Crippen LogP contribution in [0.2, 0.25) is 0 Å². The molecule has 2 aromatic carbocycles. The van der Waals surface area contributed by atoms with Gasteiger partial charge in [-0.2, -0.15) is 0 Å². The van der Waals surface area contributed by atoms with Crippen molar-refractivity contribution < 1.29 is 4.79 Å². The molecule has 21 heavy (non-hydrogen) atoms. The summed E-state index contributed by atoms with van der Waals surface area (Å²) in [4.78, 5) is 12.0. The lowest BCUT2D eigenvalue weighted by Gasteiger charge is -2.09. The van der Waals surface area contributed by atoms with Crippen LogP contribution in [0.15, 0.2) is 42.5 Å². The van der Waals surface area contributed by atoms with E-state index in [9.17, 15) is 4.79 Å². The third-order valence-electron chi connectivity index (χ3n) is 3.29. The molecule has 0 aliphatic heterocycles.